The van der Waals surface area contributed by atoms with Crippen molar-refractivity contribution in [3.63, 3.8) is 0 Å². The molecule has 0 atom stereocenters. The Morgan fingerprint density at radius 2 is 2.04 bits per heavy atom. The van der Waals surface area contributed by atoms with Gasteiger partial charge < -0.3 is 9.15 Å². The highest BCUT2D eigenvalue weighted by molar-refractivity contribution is 7.16. The van der Waals surface area contributed by atoms with Crippen LogP contribution < -0.4 is 10.4 Å². The van der Waals surface area contributed by atoms with Gasteiger partial charge in [0.2, 0.25) is 5.88 Å². The van der Waals surface area contributed by atoms with Gasteiger partial charge in [-0.2, -0.15) is 0 Å². The highest BCUT2D eigenvalue weighted by Gasteiger charge is 2.13. The van der Waals surface area contributed by atoms with Crippen LogP contribution in [0.3, 0.4) is 0 Å². The molecule has 0 N–H and O–H groups in total. The number of hydrogen-bond donors (Lipinski definition) is 0. The Kier molecular flexibility index (Phi) is 4.20. The minimum absolute atomic E-state index is 0.241. The standard InChI is InChI=1S/C20H18N2O3S/c1-11(2)15-8-16-13(7-18(23)25-17(16)6-12(15)3)9-24-19-14-4-5-26-20(14)22-10-21-19/h4-8,10-11H,9H2,1-3H3. The van der Waals surface area contributed by atoms with Crippen molar-refractivity contribution in [2.45, 2.75) is 33.3 Å². The van der Waals surface area contributed by atoms with Gasteiger partial charge in [0.15, 0.2) is 0 Å². The maximum absolute atomic E-state index is 12.0. The Labute approximate surface area is 154 Å². The molecule has 0 radical (unpaired) electrons. The van der Waals surface area contributed by atoms with E-state index >= 15 is 0 Å². The Morgan fingerprint density at radius 3 is 2.85 bits per heavy atom. The Morgan fingerprint density at radius 1 is 1.19 bits per heavy atom. The molecule has 0 aliphatic carbocycles. The summed E-state index contributed by atoms with van der Waals surface area (Å²) in [5.74, 6) is 0.904. The van der Waals surface area contributed by atoms with Crippen LogP contribution in [0.5, 0.6) is 5.88 Å². The van der Waals surface area contributed by atoms with Crippen molar-refractivity contribution in [1.82, 2.24) is 9.97 Å². The summed E-state index contributed by atoms with van der Waals surface area (Å²) in [6.07, 6.45) is 1.49. The van der Waals surface area contributed by atoms with Gasteiger partial charge in [0.05, 0.1) is 5.39 Å². The number of thiophene rings is 1. The van der Waals surface area contributed by atoms with Crippen LogP contribution >= 0.6 is 11.3 Å². The van der Waals surface area contributed by atoms with E-state index < -0.39 is 0 Å². The topological polar surface area (TPSA) is 65.2 Å². The third-order valence-corrected chi connectivity index (χ3v) is 5.25. The van der Waals surface area contributed by atoms with Crippen molar-refractivity contribution in [3.05, 3.63) is 63.1 Å². The molecule has 0 spiro atoms. The van der Waals surface area contributed by atoms with Gasteiger partial charge in [-0.05, 0) is 47.5 Å². The summed E-state index contributed by atoms with van der Waals surface area (Å²) in [7, 11) is 0. The Bertz CT molecular complexity index is 1160. The molecule has 26 heavy (non-hydrogen) atoms. The molecule has 1 aromatic carbocycles. The lowest BCUT2D eigenvalue weighted by molar-refractivity contribution is 0.298. The number of hydrogen-bond acceptors (Lipinski definition) is 6. The number of benzene rings is 1. The third kappa shape index (κ3) is 2.97. The van der Waals surface area contributed by atoms with E-state index in [2.05, 4.69) is 29.9 Å². The molecular formula is C20H18N2O3S. The van der Waals surface area contributed by atoms with Gasteiger partial charge in [0, 0.05) is 17.0 Å². The molecule has 132 valence electrons. The fraction of sp³-hybridized carbons (Fsp3) is 0.250. The highest BCUT2D eigenvalue weighted by Crippen LogP contribution is 2.29. The summed E-state index contributed by atoms with van der Waals surface area (Å²) in [4.78, 5) is 21.3. The number of fused-ring (bicyclic) bond motifs is 2. The maximum Gasteiger partial charge on any atom is 0.336 e. The van der Waals surface area contributed by atoms with E-state index in [-0.39, 0.29) is 12.2 Å². The normalized spacial score (nSPS) is 11.5. The lowest BCUT2D eigenvalue weighted by atomic mass is 9.95. The van der Waals surface area contributed by atoms with Crippen LogP contribution in [0.25, 0.3) is 21.2 Å². The van der Waals surface area contributed by atoms with E-state index in [9.17, 15) is 4.79 Å². The minimum atomic E-state index is -0.379. The predicted molar refractivity (Wildman–Crippen MR) is 103 cm³/mol. The van der Waals surface area contributed by atoms with E-state index in [1.54, 1.807) is 0 Å². The number of ether oxygens (including phenoxy) is 1. The second kappa shape index (κ2) is 6.53. The second-order valence-electron chi connectivity index (χ2n) is 6.56. The molecular weight excluding hydrogens is 348 g/mol. The van der Waals surface area contributed by atoms with Crippen LogP contribution in [0.4, 0.5) is 0 Å². The van der Waals surface area contributed by atoms with E-state index in [1.807, 2.05) is 24.4 Å². The summed E-state index contributed by atoms with van der Waals surface area (Å²) < 4.78 is 11.3. The molecule has 6 heteroatoms. The van der Waals surface area contributed by atoms with Crippen LogP contribution in [0.2, 0.25) is 0 Å². The molecule has 0 aliphatic rings. The quantitative estimate of drug-likeness (QED) is 0.485. The smallest absolute Gasteiger partial charge is 0.336 e. The monoisotopic (exact) mass is 366 g/mol. The first-order valence-corrected chi connectivity index (χ1v) is 9.29. The van der Waals surface area contributed by atoms with Crippen molar-refractivity contribution in [2.24, 2.45) is 0 Å². The van der Waals surface area contributed by atoms with Crippen molar-refractivity contribution < 1.29 is 9.15 Å². The van der Waals surface area contributed by atoms with Gasteiger partial charge in [-0.1, -0.05) is 13.8 Å². The van der Waals surface area contributed by atoms with Crippen molar-refractivity contribution in [1.29, 1.82) is 0 Å². The number of rotatable bonds is 4. The number of aromatic nitrogens is 2. The van der Waals surface area contributed by atoms with E-state index in [0.717, 1.165) is 26.7 Å². The van der Waals surface area contributed by atoms with Crippen LogP contribution in [-0.2, 0) is 6.61 Å². The summed E-state index contributed by atoms with van der Waals surface area (Å²) in [6.45, 7) is 6.58. The van der Waals surface area contributed by atoms with E-state index in [1.165, 1.54) is 29.3 Å². The van der Waals surface area contributed by atoms with Crippen molar-refractivity contribution in [2.75, 3.05) is 0 Å². The largest absolute Gasteiger partial charge is 0.472 e. The molecule has 0 fully saturated rings. The zero-order valence-corrected chi connectivity index (χ0v) is 15.6. The van der Waals surface area contributed by atoms with Gasteiger partial charge >= 0.3 is 5.63 Å². The summed E-state index contributed by atoms with van der Waals surface area (Å²) >= 11 is 1.54. The van der Waals surface area contributed by atoms with Crippen LogP contribution in [0.1, 0.15) is 36.5 Å². The third-order valence-electron chi connectivity index (χ3n) is 4.43. The molecule has 4 aromatic rings. The SMILES string of the molecule is Cc1cc2oc(=O)cc(COc3ncnc4sccc34)c2cc1C(C)C. The zero-order valence-electron chi connectivity index (χ0n) is 14.8. The molecule has 0 saturated carbocycles. The Hall–Kier alpha value is -2.73. The van der Waals surface area contributed by atoms with Gasteiger partial charge in [-0.25, -0.2) is 14.8 Å². The molecule has 5 nitrogen and oxygen atoms in total. The molecule has 0 aliphatic heterocycles. The molecule has 4 rings (SSSR count). The first kappa shape index (κ1) is 16.7. The fourth-order valence-corrected chi connectivity index (χ4v) is 3.88. The summed E-state index contributed by atoms with van der Waals surface area (Å²) in [6, 6.07) is 7.45. The first-order valence-electron chi connectivity index (χ1n) is 8.41. The lowest BCUT2D eigenvalue weighted by Gasteiger charge is -2.13. The van der Waals surface area contributed by atoms with Crippen molar-refractivity contribution in [3.8, 4) is 5.88 Å². The minimum Gasteiger partial charge on any atom is -0.472 e. The number of nitrogens with zero attached hydrogens (tertiary/aromatic N) is 2. The van der Waals surface area contributed by atoms with Gasteiger partial charge in [0.25, 0.3) is 0 Å². The van der Waals surface area contributed by atoms with Crippen LogP contribution in [0, 0.1) is 6.92 Å². The number of aryl methyl sites for hydroxylation is 1. The van der Waals surface area contributed by atoms with Gasteiger partial charge in [0.1, 0.15) is 23.3 Å². The zero-order chi connectivity index (χ0) is 18.3. The van der Waals surface area contributed by atoms with Gasteiger partial charge in [-0.3, -0.25) is 0 Å². The van der Waals surface area contributed by atoms with Crippen molar-refractivity contribution >= 4 is 32.5 Å². The van der Waals surface area contributed by atoms with E-state index in [4.69, 9.17) is 9.15 Å². The summed E-state index contributed by atoms with van der Waals surface area (Å²) in [5, 5.41) is 3.73. The molecule has 0 bridgehead atoms. The highest BCUT2D eigenvalue weighted by atomic mass is 32.1. The average Bonchev–Trinajstić information content (AvgIpc) is 3.07. The van der Waals surface area contributed by atoms with Crippen LogP contribution in [-0.4, -0.2) is 9.97 Å². The molecule has 3 aromatic heterocycles. The molecule has 3 heterocycles. The molecule has 0 saturated heterocycles. The second-order valence-corrected chi connectivity index (χ2v) is 7.45. The average molecular weight is 366 g/mol. The van der Waals surface area contributed by atoms with Gasteiger partial charge in [-0.15, -0.1) is 11.3 Å². The van der Waals surface area contributed by atoms with E-state index in [0.29, 0.717) is 17.4 Å². The molecule has 0 amide bonds. The lowest BCUT2D eigenvalue weighted by Crippen LogP contribution is -2.06. The summed E-state index contributed by atoms with van der Waals surface area (Å²) in [5.41, 5.74) is 3.34. The Balaban J connectivity index is 1.77. The van der Waals surface area contributed by atoms with Crippen LogP contribution in [0.15, 0.2) is 45.2 Å². The first-order chi connectivity index (χ1) is 12.5. The molecule has 0 unspecified atom stereocenters. The fourth-order valence-electron chi connectivity index (χ4n) is 3.16. The maximum atomic E-state index is 12.0. The predicted octanol–water partition coefficient (Wildman–Crippen LogP) is 4.81.